The zero-order valence-corrected chi connectivity index (χ0v) is 14.3. The Hall–Kier alpha value is -1.54. The number of halogens is 1. The van der Waals surface area contributed by atoms with Gasteiger partial charge in [-0.05, 0) is 53.6 Å². The fraction of sp³-hybridized carbons (Fsp3) is 0.300. The minimum absolute atomic E-state index is 0.387. The Morgan fingerprint density at radius 3 is 2.91 bits per heavy atom. The Labute approximate surface area is 140 Å². The number of benzene rings is 2. The van der Waals surface area contributed by atoms with Gasteiger partial charge in [-0.2, -0.15) is 0 Å². The van der Waals surface area contributed by atoms with E-state index in [-0.39, 0.29) is 0 Å². The molecular weight excluding hydrogens is 334 g/mol. The molecule has 4 rings (SSSR count). The van der Waals surface area contributed by atoms with E-state index >= 15 is 0 Å². The van der Waals surface area contributed by atoms with Gasteiger partial charge in [0, 0.05) is 16.1 Å². The van der Waals surface area contributed by atoms with Gasteiger partial charge in [0.1, 0.15) is 0 Å². The van der Waals surface area contributed by atoms with Crippen molar-refractivity contribution in [1.29, 1.82) is 0 Å². The molecule has 2 aliphatic rings. The molecule has 0 spiro atoms. The van der Waals surface area contributed by atoms with Crippen molar-refractivity contribution in [1.82, 2.24) is 0 Å². The standard InChI is InChI=1S/C20H20BrN/c1-2-13-9-10-19-18(11-13)16-7-4-8-17(16)20(22-19)14-5-3-6-15(21)12-14/h3-7,9-12,16-17,20,22H,2,8H2,1H3/t16-,17+,20+/m1/s1. The fourth-order valence-corrected chi connectivity index (χ4v) is 4.31. The number of nitrogens with one attached hydrogen (secondary N) is 1. The summed E-state index contributed by atoms with van der Waals surface area (Å²) in [4.78, 5) is 0. The third kappa shape index (κ3) is 2.30. The van der Waals surface area contributed by atoms with Crippen LogP contribution in [0.5, 0.6) is 0 Å². The maximum atomic E-state index is 3.80. The van der Waals surface area contributed by atoms with Crippen LogP contribution in [0.4, 0.5) is 5.69 Å². The van der Waals surface area contributed by atoms with Crippen LogP contribution in [0, 0.1) is 5.92 Å². The Balaban J connectivity index is 1.78. The summed E-state index contributed by atoms with van der Waals surface area (Å²) in [5.74, 6) is 1.17. The average molecular weight is 354 g/mol. The lowest BCUT2D eigenvalue weighted by Gasteiger charge is -2.37. The molecule has 2 aromatic carbocycles. The Morgan fingerprint density at radius 2 is 2.09 bits per heavy atom. The maximum Gasteiger partial charge on any atom is 0.0554 e. The molecule has 1 N–H and O–H groups in total. The zero-order valence-electron chi connectivity index (χ0n) is 12.7. The highest BCUT2D eigenvalue weighted by Gasteiger charge is 2.37. The molecule has 0 fully saturated rings. The Bertz CT molecular complexity index is 734. The number of hydrogen-bond acceptors (Lipinski definition) is 1. The number of aryl methyl sites for hydroxylation is 1. The third-order valence-corrected chi connectivity index (χ3v) is 5.54. The van der Waals surface area contributed by atoms with Crippen LogP contribution in [-0.2, 0) is 6.42 Å². The van der Waals surface area contributed by atoms with E-state index in [1.807, 2.05) is 0 Å². The van der Waals surface area contributed by atoms with Gasteiger partial charge < -0.3 is 5.32 Å². The van der Waals surface area contributed by atoms with Crippen LogP contribution in [0.2, 0.25) is 0 Å². The van der Waals surface area contributed by atoms with Gasteiger partial charge in [-0.15, -0.1) is 0 Å². The largest absolute Gasteiger partial charge is 0.378 e. The predicted octanol–water partition coefficient (Wildman–Crippen LogP) is 5.84. The van der Waals surface area contributed by atoms with Crippen molar-refractivity contribution in [3.8, 4) is 0 Å². The molecule has 3 atom stereocenters. The second-order valence-corrected chi connectivity index (χ2v) is 7.22. The van der Waals surface area contributed by atoms with Crippen molar-refractivity contribution >= 4 is 21.6 Å². The van der Waals surface area contributed by atoms with Crippen molar-refractivity contribution in [3.05, 3.63) is 75.8 Å². The highest BCUT2D eigenvalue weighted by molar-refractivity contribution is 9.10. The van der Waals surface area contributed by atoms with Crippen LogP contribution in [0.1, 0.15) is 42.0 Å². The van der Waals surface area contributed by atoms with E-state index in [0.717, 1.165) is 17.3 Å². The van der Waals surface area contributed by atoms with Gasteiger partial charge in [0.15, 0.2) is 0 Å². The first-order chi connectivity index (χ1) is 10.8. The summed E-state index contributed by atoms with van der Waals surface area (Å²) in [6.45, 7) is 2.23. The number of allylic oxidation sites excluding steroid dienone is 2. The molecule has 0 saturated carbocycles. The van der Waals surface area contributed by atoms with Gasteiger partial charge in [0.05, 0.1) is 6.04 Å². The maximum absolute atomic E-state index is 3.80. The molecule has 2 heteroatoms. The van der Waals surface area contributed by atoms with Gasteiger partial charge in [-0.1, -0.05) is 59.3 Å². The lowest BCUT2D eigenvalue weighted by atomic mass is 9.76. The molecule has 1 heterocycles. The molecule has 22 heavy (non-hydrogen) atoms. The van der Waals surface area contributed by atoms with Crippen LogP contribution >= 0.6 is 15.9 Å². The first kappa shape index (κ1) is 14.1. The first-order valence-corrected chi connectivity index (χ1v) is 8.87. The van der Waals surface area contributed by atoms with Crippen LogP contribution in [0.15, 0.2) is 59.1 Å². The molecule has 0 unspecified atom stereocenters. The molecular formula is C20H20BrN. The molecule has 0 amide bonds. The summed E-state index contributed by atoms with van der Waals surface area (Å²) >= 11 is 3.61. The van der Waals surface area contributed by atoms with E-state index in [1.54, 1.807) is 0 Å². The van der Waals surface area contributed by atoms with Gasteiger partial charge in [0.25, 0.3) is 0 Å². The molecule has 0 radical (unpaired) electrons. The summed E-state index contributed by atoms with van der Waals surface area (Å²) in [7, 11) is 0. The van der Waals surface area contributed by atoms with E-state index in [2.05, 4.69) is 82.8 Å². The first-order valence-electron chi connectivity index (χ1n) is 8.07. The quantitative estimate of drug-likeness (QED) is 0.668. The second-order valence-electron chi connectivity index (χ2n) is 6.31. The molecule has 1 aliphatic carbocycles. The number of anilines is 1. The van der Waals surface area contributed by atoms with Gasteiger partial charge in [-0.25, -0.2) is 0 Å². The Morgan fingerprint density at radius 1 is 1.18 bits per heavy atom. The van der Waals surface area contributed by atoms with E-state index in [0.29, 0.717) is 17.9 Å². The van der Waals surface area contributed by atoms with Crippen molar-refractivity contribution in [2.45, 2.75) is 31.7 Å². The monoisotopic (exact) mass is 353 g/mol. The molecule has 0 bridgehead atoms. The van der Waals surface area contributed by atoms with Crippen LogP contribution < -0.4 is 5.32 Å². The summed E-state index contributed by atoms with van der Waals surface area (Å²) in [6.07, 6.45) is 7.03. The summed E-state index contributed by atoms with van der Waals surface area (Å²) in [6, 6.07) is 16.0. The highest BCUT2D eigenvalue weighted by Crippen LogP contribution is 2.50. The number of hydrogen-bond donors (Lipinski definition) is 1. The van der Waals surface area contributed by atoms with Gasteiger partial charge in [0.2, 0.25) is 0 Å². The van der Waals surface area contributed by atoms with Crippen molar-refractivity contribution in [3.63, 3.8) is 0 Å². The average Bonchev–Trinajstić information content (AvgIpc) is 3.03. The summed E-state index contributed by atoms with van der Waals surface area (Å²) in [5, 5.41) is 3.80. The topological polar surface area (TPSA) is 12.0 Å². The normalized spacial score (nSPS) is 25.5. The smallest absolute Gasteiger partial charge is 0.0554 e. The summed E-state index contributed by atoms with van der Waals surface area (Å²) < 4.78 is 1.15. The minimum Gasteiger partial charge on any atom is -0.378 e. The van der Waals surface area contributed by atoms with Gasteiger partial charge >= 0.3 is 0 Å². The van der Waals surface area contributed by atoms with Crippen molar-refractivity contribution in [2.24, 2.45) is 5.92 Å². The third-order valence-electron chi connectivity index (χ3n) is 5.04. The van der Waals surface area contributed by atoms with E-state index in [1.165, 1.54) is 22.4 Å². The molecule has 1 aliphatic heterocycles. The predicted molar refractivity (Wildman–Crippen MR) is 96.3 cm³/mol. The molecule has 0 aromatic heterocycles. The molecule has 1 nitrogen and oxygen atoms in total. The van der Waals surface area contributed by atoms with Crippen LogP contribution in [0.25, 0.3) is 0 Å². The number of fused-ring (bicyclic) bond motifs is 3. The highest BCUT2D eigenvalue weighted by atomic mass is 79.9. The lowest BCUT2D eigenvalue weighted by molar-refractivity contribution is 0.425. The van der Waals surface area contributed by atoms with E-state index < -0.39 is 0 Å². The van der Waals surface area contributed by atoms with Crippen molar-refractivity contribution < 1.29 is 0 Å². The minimum atomic E-state index is 0.387. The SMILES string of the molecule is CCc1ccc2c(c1)[C@@H]1C=CC[C@@H]1[C@H](c1cccc(Br)c1)N2. The van der Waals surface area contributed by atoms with Crippen LogP contribution in [0.3, 0.4) is 0 Å². The van der Waals surface area contributed by atoms with Crippen molar-refractivity contribution in [2.75, 3.05) is 5.32 Å². The lowest BCUT2D eigenvalue weighted by Crippen LogP contribution is -2.29. The van der Waals surface area contributed by atoms with E-state index in [9.17, 15) is 0 Å². The zero-order chi connectivity index (χ0) is 15.1. The fourth-order valence-electron chi connectivity index (χ4n) is 3.89. The van der Waals surface area contributed by atoms with Gasteiger partial charge in [-0.3, -0.25) is 0 Å². The Kier molecular flexibility index (Phi) is 3.57. The molecule has 112 valence electrons. The summed E-state index contributed by atoms with van der Waals surface area (Å²) in [5.41, 5.74) is 5.58. The number of rotatable bonds is 2. The second kappa shape index (κ2) is 5.58. The molecule has 0 saturated heterocycles. The van der Waals surface area contributed by atoms with E-state index in [4.69, 9.17) is 0 Å². The van der Waals surface area contributed by atoms with Crippen LogP contribution in [-0.4, -0.2) is 0 Å². The molecule has 2 aromatic rings.